The van der Waals surface area contributed by atoms with E-state index in [1.165, 1.54) is 5.56 Å². The minimum Gasteiger partial charge on any atom is -0.497 e. The Kier molecular flexibility index (Phi) is 4.28. The van der Waals surface area contributed by atoms with Gasteiger partial charge < -0.3 is 14.8 Å². The number of nitrogens with one attached hydrogen (secondary N) is 1. The molecule has 22 heavy (non-hydrogen) atoms. The van der Waals surface area contributed by atoms with Gasteiger partial charge in [0.25, 0.3) is 0 Å². The van der Waals surface area contributed by atoms with E-state index in [1.807, 2.05) is 42.5 Å². The molecule has 2 aromatic rings. The van der Waals surface area contributed by atoms with Crippen LogP contribution in [0.15, 0.2) is 48.5 Å². The monoisotopic (exact) mass is 297 g/mol. The van der Waals surface area contributed by atoms with Crippen LogP contribution in [0.3, 0.4) is 0 Å². The SMILES string of the molecule is COc1cccc(CC(=O)NC[C@@H]2COc3ccccc32)c1. The molecule has 114 valence electrons. The van der Waals surface area contributed by atoms with Crippen molar-refractivity contribution in [1.82, 2.24) is 5.32 Å². The number of benzene rings is 2. The quantitative estimate of drug-likeness (QED) is 0.922. The summed E-state index contributed by atoms with van der Waals surface area (Å²) in [6.07, 6.45) is 0.354. The largest absolute Gasteiger partial charge is 0.497 e. The van der Waals surface area contributed by atoms with Crippen molar-refractivity contribution < 1.29 is 14.3 Å². The van der Waals surface area contributed by atoms with Gasteiger partial charge in [0.05, 0.1) is 20.1 Å². The van der Waals surface area contributed by atoms with Gasteiger partial charge in [-0.05, 0) is 23.8 Å². The van der Waals surface area contributed by atoms with Crippen molar-refractivity contribution in [3.8, 4) is 11.5 Å². The Labute approximate surface area is 130 Å². The molecule has 1 N–H and O–H groups in total. The lowest BCUT2D eigenvalue weighted by Gasteiger charge is -2.11. The highest BCUT2D eigenvalue weighted by molar-refractivity contribution is 5.78. The average Bonchev–Trinajstić information content (AvgIpc) is 2.96. The van der Waals surface area contributed by atoms with Gasteiger partial charge in [-0.3, -0.25) is 4.79 Å². The van der Waals surface area contributed by atoms with Crippen LogP contribution in [0.5, 0.6) is 11.5 Å². The molecule has 0 spiro atoms. The highest BCUT2D eigenvalue weighted by Gasteiger charge is 2.23. The predicted octanol–water partition coefficient (Wildman–Crippen LogP) is 2.53. The number of amides is 1. The molecule has 1 heterocycles. The number of carbonyl (C=O) groups is 1. The van der Waals surface area contributed by atoms with Crippen LogP contribution in [0.4, 0.5) is 0 Å². The van der Waals surface area contributed by atoms with Gasteiger partial charge in [0, 0.05) is 18.0 Å². The Bertz CT molecular complexity index is 669. The highest BCUT2D eigenvalue weighted by atomic mass is 16.5. The second-order valence-electron chi connectivity index (χ2n) is 5.38. The molecule has 4 nitrogen and oxygen atoms in total. The maximum atomic E-state index is 12.1. The van der Waals surface area contributed by atoms with E-state index in [-0.39, 0.29) is 11.8 Å². The first-order chi connectivity index (χ1) is 10.8. The third-order valence-electron chi connectivity index (χ3n) is 3.84. The van der Waals surface area contributed by atoms with E-state index >= 15 is 0 Å². The molecule has 0 bridgehead atoms. The number of carbonyl (C=O) groups excluding carboxylic acids is 1. The van der Waals surface area contributed by atoms with Gasteiger partial charge in [0.2, 0.25) is 5.91 Å². The molecule has 0 fully saturated rings. The van der Waals surface area contributed by atoms with Gasteiger partial charge in [-0.1, -0.05) is 30.3 Å². The second-order valence-corrected chi connectivity index (χ2v) is 5.38. The first-order valence-corrected chi connectivity index (χ1v) is 7.37. The number of hydrogen-bond donors (Lipinski definition) is 1. The number of rotatable bonds is 5. The van der Waals surface area contributed by atoms with Gasteiger partial charge >= 0.3 is 0 Å². The standard InChI is InChI=1S/C18H19NO3/c1-21-15-6-4-5-13(9-15)10-18(20)19-11-14-12-22-17-8-3-2-7-16(14)17/h2-9,14H,10-12H2,1H3,(H,19,20)/t14-/m1/s1. The Morgan fingerprint density at radius 1 is 1.27 bits per heavy atom. The summed E-state index contributed by atoms with van der Waals surface area (Å²) in [6, 6.07) is 15.6. The van der Waals surface area contributed by atoms with Crippen molar-refractivity contribution >= 4 is 5.91 Å². The first-order valence-electron chi connectivity index (χ1n) is 7.37. The molecule has 1 aliphatic heterocycles. The second kappa shape index (κ2) is 6.52. The molecule has 0 radical (unpaired) electrons. The molecule has 3 rings (SSSR count). The Morgan fingerprint density at radius 3 is 3.00 bits per heavy atom. The average molecular weight is 297 g/mol. The maximum absolute atomic E-state index is 12.1. The molecule has 2 aromatic carbocycles. The summed E-state index contributed by atoms with van der Waals surface area (Å²) in [5.74, 6) is 1.93. The summed E-state index contributed by atoms with van der Waals surface area (Å²) in [6.45, 7) is 1.22. The van der Waals surface area contributed by atoms with E-state index in [2.05, 4.69) is 11.4 Å². The van der Waals surface area contributed by atoms with Crippen molar-refractivity contribution in [1.29, 1.82) is 0 Å². The van der Waals surface area contributed by atoms with Crippen LogP contribution in [-0.2, 0) is 11.2 Å². The van der Waals surface area contributed by atoms with Crippen molar-refractivity contribution in [2.45, 2.75) is 12.3 Å². The first kappa shape index (κ1) is 14.4. The number of hydrogen-bond acceptors (Lipinski definition) is 3. The van der Waals surface area contributed by atoms with Crippen LogP contribution in [-0.4, -0.2) is 26.2 Å². The van der Waals surface area contributed by atoms with Crippen molar-refractivity contribution in [3.05, 3.63) is 59.7 Å². The molecule has 4 heteroatoms. The molecule has 0 aromatic heterocycles. The third kappa shape index (κ3) is 3.22. The minimum atomic E-state index is 0.0117. The summed E-state index contributed by atoms with van der Waals surface area (Å²) < 4.78 is 10.8. The predicted molar refractivity (Wildman–Crippen MR) is 84.4 cm³/mol. The summed E-state index contributed by atoms with van der Waals surface area (Å²) >= 11 is 0. The van der Waals surface area contributed by atoms with E-state index in [1.54, 1.807) is 7.11 Å². The third-order valence-corrected chi connectivity index (χ3v) is 3.84. The lowest BCUT2D eigenvalue weighted by molar-refractivity contribution is -0.120. The van der Waals surface area contributed by atoms with Crippen LogP contribution in [0.25, 0.3) is 0 Å². The molecule has 0 unspecified atom stereocenters. The van der Waals surface area contributed by atoms with Gasteiger partial charge in [-0.25, -0.2) is 0 Å². The van der Waals surface area contributed by atoms with E-state index in [0.29, 0.717) is 19.6 Å². The maximum Gasteiger partial charge on any atom is 0.224 e. The number of methoxy groups -OCH3 is 1. The van der Waals surface area contributed by atoms with Crippen LogP contribution < -0.4 is 14.8 Å². The molecular formula is C18H19NO3. The summed E-state index contributed by atoms with van der Waals surface area (Å²) in [5, 5.41) is 2.99. The van der Waals surface area contributed by atoms with Crippen LogP contribution >= 0.6 is 0 Å². The topological polar surface area (TPSA) is 47.6 Å². The van der Waals surface area contributed by atoms with Crippen molar-refractivity contribution in [2.75, 3.05) is 20.3 Å². The minimum absolute atomic E-state index is 0.0117. The van der Waals surface area contributed by atoms with Crippen LogP contribution in [0.2, 0.25) is 0 Å². The normalized spacial score (nSPS) is 15.8. The van der Waals surface area contributed by atoms with Crippen molar-refractivity contribution in [3.63, 3.8) is 0 Å². The van der Waals surface area contributed by atoms with Crippen molar-refractivity contribution in [2.24, 2.45) is 0 Å². The van der Waals surface area contributed by atoms with E-state index in [9.17, 15) is 4.79 Å². The Morgan fingerprint density at radius 2 is 2.14 bits per heavy atom. The summed E-state index contributed by atoms with van der Waals surface area (Å²) in [5.41, 5.74) is 2.11. The highest BCUT2D eigenvalue weighted by Crippen LogP contribution is 2.32. The smallest absolute Gasteiger partial charge is 0.224 e. The fourth-order valence-corrected chi connectivity index (χ4v) is 2.67. The van der Waals surface area contributed by atoms with Gasteiger partial charge in [-0.2, -0.15) is 0 Å². The van der Waals surface area contributed by atoms with Crippen LogP contribution in [0, 0.1) is 0 Å². The molecule has 0 saturated carbocycles. The van der Waals surface area contributed by atoms with Gasteiger partial charge in [-0.15, -0.1) is 0 Å². The molecule has 1 atom stereocenters. The Hall–Kier alpha value is -2.49. The molecule has 0 aliphatic carbocycles. The zero-order chi connectivity index (χ0) is 15.4. The van der Waals surface area contributed by atoms with E-state index < -0.39 is 0 Å². The number of ether oxygens (including phenoxy) is 2. The number of fused-ring (bicyclic) bond motifs is 1. The molecule has 1 amide bonds. The van der Waals surface area contributed by atoms with E-state index in [4.69, 9.17) is 9.47 Å². The lowest BCUT2D eigenvalue weighted by Crippen LogP contribution is -2.30. The lowest BCUT2D eigenvalue weighted by atomic mass is 10.0. The Balaban J connectivity index is 1.55. The zero-order valence-corrected chi connectivity index (χ0v) is 12.5. The molecular weight excluding hydrogens is 278 g/mol. The van der Waals surface area contributed by atoms with Crippen LogP contribution in [0.1, 0.15) is 17.0 Å². The molecule has 0 saturated heterocycles. The fraction of sp³-hybridized carbons (Fsp3) is 0.278. The van der Waals surface area contributed by atoms with E-state index in [0.717, 1.165) is 17.1 Å². The van der Waals surface area contributed by atoms with Gasteiger partial charge in [0.1, 0.15) is 11.5 Å². The molecule has 1 aliphatic rings. The fourth-order valence-electron chi connectivity index (χ4n) is 2.67. The zero-order valence-electron chi connectivity index (χ0n) is 12.5. The number of para-hydroxylation sites is 1. The van der Waals surface area contributed by atoms with Gasteiger partial charge in [0.15, 0.2) is 0 Å². The summed E-state index contributed by atoms with van der Waals surface area (Å²) in [4.78, 5) is 12.1. The summed E-state index contributed by atoms with van der Waals surface area (Å²) in [7, 11) is 1.62.